The van der Waals surface area contributed by atoms with Crippen LogP contribution in [0.3, 0.4) is 0 Å². The van der Waals surface area contributed by atoms with Crippen LogP contribution in [0.5, 0.6) is 0 Å². The Labute approximate surface area is 175 Å². The monoisotopic (exact) mass is 414 g/mol. The van der Waals surface area contributed by atoms with E-state index in [0.29, 0.717) is 5.56 Å². The van der Waals surface area contributed by atoms with Crippen molar-refractivity contribution in [2.24, 2.45) is 10.9 Å². The van der Waals surface area contributed by atoms with Crippen LogP contribution in [-0.4, -0.2) is 49.0 Å². The number of carbonyl (C=O) groups is 1. The van der Waals surface area contributed by atoms with Crippen LogP contribution in [0.25, 0.3) is 0 Å². The van der Waals surface area contributed by atoms with Gasteiger partial charge in [-0.2, -0.15) is 0 Å². The quantitative estimate of drug-likeness (QED) is 0.413. The smallest absolute Gasteiger partial charge is 0.268 e. The molecule has 0 radical (unpaired) electrons. The molecule has 1 saturated heterocycles. The summed E-state index contributed by atoms with van der Waals surface area (Å²) in [6.07, 6.45) is -0.944. The Morgan fingerprint density at radius 2 is 2.07 bits per heavy atom. The largest absolute Gasteiger partial charge is 0.381 e. The summed E-state index contributed by atoms with van der Waals surface area (Å²) in [4.78, 5) is 19.8. The number of ether oxygens (including phenoxy) is 1. The molecular formula is C22H27FN4O3. The van der Waals surface area contributed by atoms with Gasteiger partial charge >= 0.3 is 0 Å². The molecule has 3 rings (SSSR count). The number of amides is 1. The van der Waals surface area contributed by atoms with Crippen molar-refractivity contribution >= 4 is 17.4 Å². The Morgan fingerprint density at radius 1 is 1.30 bits per heavy atom. The lowest BCUT2D eigenvalue weighted by molar-refractivity contribution is -0.126. The number of anilines is 1. The van der Waals surface area contributed by atoms with Crippen LogP contribution < -0.4 is 11.1 Å². The van der Waals surface area contributed by atoms with E-state index in [0.717, 1.165) is 44.0 Å². The van der Waals surface area contributed by atoms with Crippen LogP contribution in [0.2, 0.25) is 0 Å². The molecule has 0 saturated carbocycles. The Morgan fingerprint density at radius 3 is 2.80 bits per heavy atom. The summed E-state index contributed by atoms with van der Waals surface area (Å²) in [5.74, 6) is -0.856. The molecule has 2 aromatic carbocycles. The highest BCUT2D eigenvalue weighted by Gasteiger charge is 2.17. The lowest BCUT2D eigenvalue weighted by atomic mass is 10.1. The predicted molar refractivity (Wildman–Crippen MR) is 114 cm³/mol. The number of hydrogen-bond donors (Lipinski definition) is 2. The second-order valence-corrected chi connectivity index (χ2v) is 7.29. The highest BCUT2D eigenvalue weighted by molar-refractivity contribution is 5.97. The van der Waals surface area contributed by atoms with Gasteiger partial charge in [-0.05, 0) is 43.2 Å². The van der Waals surface area contributed by atoms with Gasteiger partial charge in [0.05, 0.1) is 18.9 Å². The summed E-state index contributed by atoms with van der Waals surface area (Å²) in [6, 6.07) is 12.3. The fourth-order valence-corrected chi connectivity index (χ4v) is 3.04. The van der Waals surface area contributed by atoms with E-state index < -0.39 is 17.8 Å². The van der Waals surface area contributed by atoms with E-state index in [1.54, 1.807) is 13.0 Å². The molecule has 30 heavy (non-hydrogen) atoms. The molecule has 0 aromatic heterocycles. The highest BCUT2D eigenvalue weighted by Crippen LogP contribution is 2.16. The molecule has 0 bridgehead atoms. The van der Waals surface area contributed by atoms with E-state index in [1.165, 1.54) is 19.1 Å². The topological polar surface area (TPSA) is 89.2 Å². The lowest BCUT2D eigenvalue weighted by Crippen LogP contribution is -2.35. The number of rotatable bonds is 7. The zero-order valence-corrected chi connectivity index (χ0v) is 17.2. The van der Waals surface area contributed by atoms with Gasteiger partial charge in [0.1, 0.15) is 5.82 Å². The van der Waals surface area contributed by atoms with Gasteiger partial charge in [0.2, 0.25) is 6.10 Å². The minimum absolute atomic E-state index is 0.0915. The Hall–Kier alpha value is -2.97. The summed E-state index contributed by atoms with van der Waals surface area (Å²) in [6.45, 7) is 7.36. The molecule has 3 N–H and O–H groups in total. The van der Waals surface area contributed by atoms with Gasteiger partial charge in [0, 0.05) is 25.2 Å². The van der Waals surface area contributed by atoms with Gasteiger partial charge in [0.25, 0.3) is 5.91 Å². The van der Waals surface area contributed by atoms with Crippen molar-refractivity contribution in [2.45, 2.75) is 26.5 Å². The van der Waals surface area contributed by atoms with Crippen molar-refractivity contribution in [3.8, 4) is 0 Å². The maximum Gasteiger partial charge on any atom is 0.268 e. The Bertz CT molecular complexity index is 913. The maximum atomic E-state index is 13.9. The summed E-state index contributed by atoms with van der Waals surface area (Å²) in [7, 11) is 0. The number of oxime groups is 1. The SMILES string of the molecule is Cc1ccc(NC(=O)C(C)O/N=C(/N)c2cccc(CN3CCOCC3)c2)c(F)c1. The predicted octanol–water partition coefficient (Wildman–Crippen LogP) is 2.63. The molecule has 1 aliphatic rings. The number of morpholine rings is 1. The minimum Gasteiger partial charge on any atom is -0.381 e. The van der Waals surface area contributed by atoms with Gasteiger partial charge in [-0.15, -0.1) is 0 Å². The molecule has 1 fully saturated rings. The van der Waals surface area contributed by atoms with Gasteiger partial charge in [-0.25, -0.2) is 4.39 Å². The first-order valence-electron chi connectivity index (χ1n) is 9.88. The number of carbonyl (C=O) groups excluding carboxylic acids is 1. The van der Waals surface area contributed by atoms with E-state index in [4.69, 9.17) is 15.3 Å². The molecular weight excluding hydrogens is 387 g/mol. The second-order valence-electron chi connectivity index (χ2n) is 7.29. The molecule has 2 aromatic rings. The first-order chi connectivity index (χ1) is 14.4. The molecule has 7 nitrogen and oxygen atoms in total. The van der Waals surface area contributed by atoms with E-state index in [2.05, 4.69) is 15.4 Å². The van der Waals surface area contributed by atoms with E-state index >= 15 is 0 Å². The summed E-state index contributed by atoms with van der Waals surface area (Å²) < 4.78 is 19.3. The number of benzene rings is 2. The van der Waals surface area contributed by atoms with Crippen molar-refractivity contribution < 1.29 is 18.8 Å². The zero-order chi connectivity index (χ0) is 21.5. The summed E-state index contributed by atoms with van der Waals surface area (Å²) >= 11 is 0. The van der Waals surface area contributed by atoms with Crippen molar-refractivity contribution in [1.29, 1.82) is 0 Å². The number of halogens is 1. The van der Waals surface area contributed by atoms with Crippen LogP contribution in [0.15, 0.2) is 47.6 Å². The van der Waals surface area contributed by atoms with Crippen LogP contribution >= 0.6 is 0 Å². The molecule has 0 spiro atoms. The third-order valence-electron chi connectivity index (χ3n) is 4.79. The minimum atomic E-state index is -0.944. The third-order valence-corrected chi connectivity index (χ3v) is 4.79. The standard InChI is InChI=1S/C22H27FN4O3/c1-15-6-7-20(19(23)12-15)25-22(28)16(2)30-26-21(24)18-5-3-4-17(13-18)14-27-8-10-29-11-9-27/h3-7,12-13,16H,8-11,14H2,1-2H3,(H2,24,26)(H,25,28). The average molecular weight is 414 g/mol. The summed E-state index contributed by atoms with van der Waals surface area (Å²) in [5, 5.41) is 6.38. The fraction of sp³-hybridized carbons (Fsp3) is 0.364. The van der Waals surface area contributed by atoms with Crippen molar-refractivity contribution in [3.05, 3.63) is 65.0 Å². The number of nitrogens with two attached hydrogens (primary N) is 1. The van der Waals surface area contributed by atoms with E-state index in [-0.39, 0.29) is 11.5 Å². The molecule has 1 heterocycles. The Kier molecular flexibility index (Phi) is 7.37. The number of hydrogen-bond acceptors (Lipinski definition) is 5. The Balaban J connectivity index is 1.58. The lowest BCUT2D eigenvalue weighted by Gasteiger charge is -2.26. The highest BCUT2D eigenvalue weighted by atomic mass is 19.1. The fourth-order valence-electron chi connectivity index (χ4n) is 3.04. The number of amidine groups is 1. The molecule has 160 valence electrons. The number of aryl methyl sites for hydroxylation is 1. The normalized spacial score (nSPS) is 16.2. The van der Waals surface area contributed by atoms with Gasteiger partial charge in [0.15, 0.2) is 5.84 Å². The first-order valence-corrected chi connectivity index (χ1v) is 9.88. The second kappa shape index (κ2) is 10.2. The summed E-state index contributed by atoms with van der Waals surface area (Å²) in [5.41, 5.74) is 8.71. The number of nitrogens with zero attached hydrogens (tertiary/aromatic N) is 2. The van der Waals surface area contributed by atoms with Crippen LogP contribution in [0.4, 0.5) is 10.1 Å². The van der Waals surface area contributed by atoms with Crippen LogP contribution in [0, 0.1) is 12.7 Å². The molecule has 1 aliphatic heterocycles. The van der Waals surface area contributed by atoms with Crippen molar-refractivity contribution in [2.75, 3.05) is 31.6 Å². The van der Waals surface area contributed by atoms with Gasteiger partial charge in [-0.3, -0.25) is 9.69 Å². The third kappa shape index (κ3) is 6.01. The van der Waals surface area contributed by atoms with Crippen molar-refractivity contribution in [1.82, 2.24) is 4.90 Å². The first kappa shape index (κ1) is 21.7. The van der Waals surface area contributed by atoms with Crippen molar-refractivity contribution in [3.63, 3.8) is 0 Å². The van der Waals surface area contributed by atoms with Gasteiger partial charge < -0.3 is 20.6 Å². The molecule has 8 heteroatoms. The molecule has 1 atom stereocenters. The van der Waals surface area contributed by atoms with Crippen LogP contribution in [-0.2, 0) is 20.9 Å². The average Bonchev–Trinajstić information content (AvgIpc) is 2.74. The number of nitrogens with one attached hydrogen (secondary N) is 1. The maximum absolute atomic E-state index is 13.9. The van der Waals surface area contributed by atoms with Crippen LogP contribution in [0.1, 0.15) is 23.6 Å². The van der Waals surface area contributed by atoms with Gasteiger partial charge in [-0.1, -0.05) is 29.4 Å². The van der Waals surface area contributed by atoms with E-state index in [9.17, 15) is 9.18 Å². The van der Waals surface area contributed by atoms with E-state index in [1.807, 2.05) is 24.3 Å². The zero-order valence-electron chi connectivity index (χ0n) is 17.2. The molecule has 0 aliphatic carbocycles. The molecule has 1 amide bonds. The molecule has 1 unspecified atom stereocenters.